The summed E-state index contributed by atoms with van der Waals surface area (Å²) in [7, 11) is 3.16. The average molecular weight is 305 g/mol. The molecule has 0 unspecified atom stereocenters. The van der Waals surface area contributed by atoms with E-state index in [1.54, 1.807) is 26.4 Å². The van der Waals surface area contributed by atoms with Gasteiger partial charge in [0.25, 0.3) is 0 Å². The van der Waals surface area contributed by atoms with Crippen molar-refractivity contribution in [1.29, 1.82) is 0 Å². The third-order valence-electron chi connectivity index (χ3n) is 3.19. The number of Topliss-reactive ketones (excluding diaryl/α,β-unsaturated/α-hetero) is 1. The van der Waals surface area contributed by atoms with E-state index in [0.717, 1.165) is 11.1 Å². The Morgan fingerprint density at radius 3 is 2.38 bits per heavy atom. The first-order chi connectivity index (χ1) is 10.1. The van der Waals surface area contributed by atoms with Crippen LogP contribution in [0.15, 0.2) is 42.5 Å². The Morgan fingerprint density at radius 1 is 1.00 bits per heavy atom. The predicted octanol–water partition coefficient (Wildman–Crippen LogP) is 3.71. The molecule has 4 heteroatoms. The van der Waals surface area contributed by atoms with E-state index in [9.17, 15) is 4.79 Å². The van der Waals surface area contributed by atoms with Crippen molar-refractivity contribution in [2.75, 3.05) is 14.2 Å². The number of rotatable bonds is 6. The Labute approximate surface area is 129 Å². The first kappa shape index (κ1) is 15.4. The summed E-state index contributed by atoms with van der Waals surface area (Å²) < 4.78 is 10.4. The van der Waals surface area contributed by atoms with Gasteiger partial charge in [-0.1, -0.05) is 35.9 Å². The Bertz CT molecular complexity index is 638. The SMILES string of the molecule is COc1ccc(CC(=O)Cc2ccccc2Cl)cc1OC. The summed E-state index contributed by atoms with van der Waals surface area (Å²) in [4.78, 5) is 12.2. The fourth-order valence-electron chi connectivity index (χ4n) is 2.13. The largest absolute Gasteiger partial charge is 0.493 e. The van der Waals surface area contributed by atoms with E-state index < -0.39 is 0 Å². The molecule has 2 aromatic rings. The number of methoxy groups -OCH3 is 2. The summed E-state index contributed by atoms with van der Waals surface area (Å²) in [5.74, 6) is 1.38. The highest BCUT2D eigenvalue weighted by atomic mass is 35.5. The van der Waals surface area contributed by atoms with Crippen LogP contribution in [-0.2, 0) is 17.6 Å². The molecule has 0 aliphatic heterocycles. The van der Waals surface area contributed by atoms with Crippen LogP contribution in [0.5, 0.6) is 11.5 Å². The van der Waals surface area contributed by atoms with E-state index >= 15 is 0 Å². The summed E-state index contributed by atoms with van der Waals surface area (Å²) in [6.45, 7) is 0. The maximum atomic E-state index is 12.2. The molecule has 2 rings (SSSR count). The van der Waals surface area contributed by atoms with Gasteiger partial charge in [0.15, 0.2) is 11.5 Å². The predicted molar refractivity (Wildman–Crippen MR) is 83.4 cm³/mol. The van der Waals surface area contributed by atoms with Gasteiger partial charge in [-0.15, -0.1) is 0 Å². The number of ketones is 1. The molecule has 0 heterocycles. The second-order valence-corrected chi connectivity index (χ2v) is 5.08. The Balaban J connectivity index is 2.08. The first-order valence-electron chi connectivity index (χ1n) is 6.60. The molecule has 0 N–H and O–H groups in total. The normalized spacial score (nSPS) is 10.2. The van der Waals surface area contributed by atoms with Gasteiger partial charge in [-0.3, -0.25) is 4.79 Å². The van der Waals surface area contributed by atoms with Crippen LogP contribution in [0.3, 0.4) is 0 Å². The summed E-state index contributed by atoms with van der Waals surface area (Å²) >= 11 is 6.07. The molecule has 0 aromatic heterocycles. The zero-order valence-electron chi connectivity index (χ0n) is 12.1. The molecule has 0 radical (unpaired) electrons. The van der Waals surface area contributed by atoms with Gasteiger partial charge >= 0.3 is 0 Å². The fourth-order valence-corrected chi connectivity index (χ4v) is 2.34. The van der Waals surface area contributed by atoms with Gasteiger partial charge in [-0.25, -0.2) is 0 Å². The van der Waals surface area contributed by atoms with Crippen molar-refractivity contribution >= 4 is 17.4 Å². The van der Waals surface area contributed by atoms with Crippen LogP contribution in [0.1, 0.15) is 11.1 Å². The molecule has 110 valence electrons. The topological polar surface area (TPSA) is 35.5 Å². The number of hydrogen-bond donors (Lipinski definition) is 0. The molecule has 0 amide bonds. The number of carbonyl (C=O) groups excluding carboxylic acids is 1. The number of halogens is 1. The van der Waals surface area contributed by atoms with Crippen molar-refractivity contribution in [2.24, 2.45) is 0 Å². The van der Waals surface area contributed by atoms with Gasteiger partial charge in [0.2, 0.25) is 0 Å². The van der Waals surface area contributed by atoms with Gasteiger partial charge < -0.3 is 9.47 Å². The standard InChI is InChI=1S/C17H17ClO3/c1-20-16-8-7-12(10-17(16)21-2)9-14(19)11-13-5-3-4-6-15(13)18/h3-8,10H,9,11H2,1-2H3. The van der Waals surface area contributed by atoms with Crippen LogP contribution >= 0.6 is 11.6 Å². The first-order valence-corrected chi connectivity index (χ1v) is 6.98. The number of benzene rings is 2. The smallest absolute Gasteiger partial charge is 0.161 e. The quantitative estimate of drug-likeness (QED) is 0.816. The average Bonchev–Trinajstić information content (AvgIpc) is 2.49. The second kappa shape index (κ2) is 7.14. The van der Waals surface area contributed by atoms with E-state index in [2.05, 4.69) is 0 Å². The fraction of sp³-hybridized carbons (Fsp3) is 0.235. The minimum Gasteiger partial charge on any atom is -0.493 e. The molecule has 0 saturated heterocycles. The van der Waals surface area contributed by atoms with Crippen LogP contribution < -0.4 is 9.47 Å². The number of hydrogen-bond acceptors (Lipinski definition) is 3. The Hall–Kier alpha value is -2.00. The lowest BCUT2D eigenvalue weighted by atomic mass is 10.0. The second-order valence-electron chi connectivity index (χ2n) is 4.67. The molecule has 0 saturated carbocycles. The molecule has 0 atom stereocenters. The summed E-state index contributed by atoms with van der Waals surface area (Å²) in [5, 5.41) is 0.623. The zero-order chi connectivity index (χ0) is 15.2. The van der Waals surface area contributed by atoms with E-state index in [1.807, 2.05) is 30.3 Å². The van der Waals surface area contributed by atoms with Gasteiger partial charge in [-0.2, -0.15) is 0 Å². The number of carbonyl (C=O) groups is 1. The van der Waals surface area contributed by atoms with Crippen molar-refractivity contribution < 1.29 is 14.3 Å². The summed E-state index contributed by atoms with van der Waals surface area (Å²) in [6, 6.07) is 12.9. The zero-order valence-corrected chi connectivity index (χ0v) is 12.8. The molecular weight excluding hydrogens is 288 g/mol. The van der Waals surface area contributed by atoms with Crippen molar-refractivity contribution in [3.8, 4) is 11.5 Å². The third kappa shape index (κ3) is 3.99. The Morgan fingerprint density at radius 2 is 1.71 bits per heavy atom. The highest BCUT2D eigenvalue weighted by Gasteiger charge is 2.10. The summed E-state index contributed by atoms with van der Waals surface area (Å²) in [6.07, 6.45) is 0.666. The maximum Gasteiger partial charge on any atom is 0.161 e. The van der Waals surface area contributed by atoms with Crippen LogP contribution in [0, 0.1) is 0 Å². The highest BCUT2D eigenvalue weighted by molar-refractivity contribution is 6.31. The molecule has 0 spiro atoms. The van der Waals surface area contributed by atoms with Crippen LogP contribution in [0.2, 0.25) is 5.02 Å². The highest BCUT2D eigenvalue weighted by Crippen LogP contribution is 2.28. The van der Waals surface area contributed by atoms with Gasteiger partial charge in [-0.05, 0) is 29.3 Å². The third-order valence-corrected chi connectivity index (χ3v) is 3.56. The lowest BCUT2D eigenvalue weighted by Gasteiger charge is -2.09. The van der Waals surface area contributed by atoms with Gasteiger partial charge in [0.05, 0.1) is 14.2 Å². The van der Waals surface area contributed by atoms with Crippen molar-refractivity contribution in [3.05, 3.63) is 58.6 Å². The van der Waals surface area contributed by atoms with Crippen LogP contribution in [0.4, 0.5) is 0 Å². The van der Waals surface area contributed by atoms with Crippen LogP contribution in [0.25, 0.3) is 0 Å². The minimum atomic E-state index is 0.107. The molecule has 21 heavy (non-hydrogen) atoms. The summed E-state index contributed by atoms with van der Waals surface area (Å²) in [5.41, 5.74) is 1.74. The molecule has 0 fully saturated rings. The monoisotopic (exact) mass is 304 g/mol. The molecule has 0 aliphatic rings. The maximum absolute atomic E-state index is 12.2. The lowest BCUT2D eigenvalue weighted by Crippen LogP contribution is -2.07. The van der Waals surface area contributed by atoms with Gasteiger partial charge in [0, 0.05) is 17.9 Å². The molecule has 3 nitrogen and oxygen atoms in total. The number of ether oxygens (including phenoxy) is 2. The van der Waals surface area contributed by atoms with Crippen molar-refractivity contribution in [2.45, 2.75) is 12.8 Å². The van der Waals surface area contributed by atoms with Crippen molar-refractivity contribution in [3.63, 3.8) is 0 Å². The van der Waals surface area contributed by atoms with Crippen molar-refractivity contribution in [1.82, 2.24) is 0 Å². The lowest BCUT2D eigenvalue weighted by molar-refractivity contribution is -0.117. The van der Waals surface area contributed by atoms with Gasteiger partial charge in [0.1, 0.15) is 5.78 Å². The molecule has 0 aliphatic carbocycles. The minimum absolute atomic E-state index is 0.107. The van der Waals surface area contributed by atoms with Crippen LogP contribution in [-0.4, -0.2) is 20.0 Å². The van der Waals surface area contributed by atoms with E-state index in [-0.39, 0.29) is 5.78 Å². The van der Waals surface area contributed by atoms with E-state index in [0.29, 0.717) is 29.4 Å². The molecule has 0 bridgehead atoms. The van der Waals surface area contributed by atoms with E-state index in [1.165, 1.54) is 0 Å². The molecular formula is C17H17ClO3. The van der Waals surface area contributed by atoms with E-state index in [4.69, 9.17) is 21.1 Å². The molecule has 2 aromatic carbocycles. The Kier molecular flexibility index (Phi) is 5.23.